The van der Waals surface area contributed by atoms with Crippen LogP contribution in [0.5, 0.6) is 0 Å². The summed E-state index contributed by atoms with van der Waals surface area (Å²) in [7, 11) is 1.52. The maximum Gasteiger partial charge on any atom is 0.277 e. The molecule has 2 N–H and O–H groups in total. The smallest absolute Gasteiger partial charge is 0.277 e. The monoisotopic (exact) mass is 254 g/mol. The van der Waals surface area contributed by atoms with E-state index in [4.69, 9.17) is 9.94 Å². The van der Waals surface area contributed by atoms with Crippen molar-refractivity contribution in [3.63, 3.8) is 0 Å². The van der Waals surface area contributed by atoms with Crippen LogP contribution in [0.4, 0.5) is 5.95 Å². The highest BCUT2D eigenvalue weighted by Gasteiger charge is 2.14. The molecule has 0 bridgehead atoms. The minimum Gasteiger partial charge on any atom is -0.383 e. The molecule has 1 heterocycles. The summed E-state index contributed by atoms with van der Waals surface area (Å²) in [4.78, 5) is 31.6. The third kappa shape index (κ3) is 3.47. The molecule has 98 valence electrons. The van der Waals surface area contributed by atoms with Crippen LogP contribution in [-0.4, -0.2) is 47.3 Å². The highest BCUT2D eigenvalue weighted by molar-refractivity contribution is 5.93. The van der Waals surface area contributed by atoms with Gasteiger partial charge in [-0.3, -0.25) is 19.7 Å². The summed E-state index contributed by atoms with van der Waals surface area (Å²) in [6, 6.07) is 0. The van der Waals surface area contributed by atoms with Crippen LogP contribution < -0.4 is 10.4 Å². The van der Waals surface area contributed by atoms with Gasteiger partial charge in [0.2, 0.25) is 11.9 Å². The number of rotatable bonds is 5. The van der Waals surface area contributed by atoms with Crippen LogP contribution in [0.25, 0.3) is 0 Å². The maximum atomic E-state index is 11.4. The van der Waals surface area contributed by atoms with Crippen LogP contribution in [0.2, 0.25) is 0 Å². The lowest BCUT2D eigenvalue weighted by Gasteiger charge is -2.18. The van der Waals surface area contributed by atoms with E-state index >= 15 is 0 Å². The van der Waals surface area contributed by atoms with Crippen molar-refractivity contribution >= 4 is 17.8 Å². The quantitative estimate of drug-likeness (QED) is 0.547. The second-order valence-electron chi connectivity index (χ2n) is 3.38. The predicted octanol–water partition coefficient (Wildman–Crippen LogP) is -0.405. The van der Waals surface area contributed by atoms with Crippen molar-refractivity contribution in [1.82, 2.24) is 15.4 Å². The van der Waals surface area contributed by atoms with Crippen LogP contribution in [0.3, 0.4) is 0 Å². The number of carbonyl (C=O) groups is 2. The third-order valence-electron chi connectivity index (χ3n) is 2.14. The Morgan fingerprint density at radius 2 is 2.06 bits per heavy atom. The first kappa shape index (κ1) is 14.0. The summed E-state index contributed by atoms with van der Waals surface area (Å²) in [5.41, 5.74) is 1.56. The molecule has 0 fully saturated rings. The highest BCUT2D eigenvalue weighted by Crippen LogP contribution is 2.07. The first-order valence-electron chi connectivity index (χ1n) is 5.13. The second-order valence-corrected chi connectivity index (χ2v) is 3.38. The lowest BCUT2D eigenvalue weighted by molar-refractivity contribution is -0.116. The standard InChI is InChI=1S/C10H14N4O4/c1-7(15)14(3-4-18-2)10-11-5-8(6-12-10)9(16)13-17/h5-6,17H,3-4H2,1-2H3,(H,13,16). The summed E-state index contributed by atoms with van der Waals surface area (Å²) in [6.07, 6.45) is 2.44. The maximum absolute atomic E-state index is 11.4. The topological polar surface area (TPSA) is 105 Å². The van der Waals surface area contributed by atoms with Gasteiger partial charge in [0.1, 0.15) is 0 Å². The predicted molar refractivity (Wildman–Crippen MR) is 61.2 cm³/mol. The molecule has 2 amide bonds. The average Bonchev–Trinajstić information content (AvgIpc) is 2.38. The van der Waals surface area contributed by atoms with E-state index in [2.05, 4.69) is 9.97 Å². The van der Waals surface area contributed by atoms with Crippen molar-refractivity contribution < 1.29 is 19.5 Å². The fraction of sp³-hybridized carbons (Fsp3) is 0.400. The Kier molecular flexibility index (Phi) is 5.15. The molecule has 1 aromatic rings. The number of hydrogen-bond acceptors (Lipinski definition) is 6. The van der Waals surface area contributed by atoms with Crippen LogP contribution >= 0.6 is 0 Å². The van der Waals surface area contributed by atoms with E-state index in [-0.39, 0.29) is 17.4 Å². The van der Waals surface area contributed by atoms with Gasteiger partial charge in [-0.2, -0.15) is 0 Å². The van der Waals surface area contributed by atoms with Gasteiger partial charge in [0.15, 0.2) is 0 Å². The fourth-order valence-corrected chi connectivity index (χ4v) is 1.22. The van der Waals surface area contributed by atoms with Crippen molar-refractivity contribution in [3.8, 4) is 0 Å². The summed E-state index contributed by atoms with van der Waals surface area (Å²) >= 11 is 0. The second kappa shape index (κ2) is 6.62. The Morgan fingerprint density at radius 1 is 1.44 bits per heavy atom. The number of methoxy groups -OCH3 is 1. The van der Waals surface area contributed by atoms with Crippen LogP contribution in [-0.2, 0) is 9.53 Å². The first-order valence-corrected chi connectivity index (χ1v) is 5.13. The summed E-state index contributed by atoms with van der Waals surface area (Å²) in [5, 5.41) is 8.43. The molecule has 0 aliphatic carbocycles. The summed E-state index contributed by atoms with van der Waals surface area (Å²) < 4.78 is 4.88. The molecule has 0 spiro atoms. The summed E-state index contributed by atoms with van der Waals surface area (Å²) in [5.74, 6) is -0.770. The average molecular weight is 254 g/mol. The number of hydroxylamine groups is 1. The first-order chi connectivity index (χ1) is 8.60. The highest BCUT2D eigenvalue weighted by atomic mass is 16.5. The van der Waals surface area contributed by atoms with E-state index in [0.29, 0.717) is 13.2 Å². The zero-order valence-corrected chi connectivity index (χ0v) is 10.1. The number of aromatic nitrogens is 2. The lowest BCUT2D eigenvalue weighted by Crippen LogP contribution is -2.33. The fourth-order valence-electron chi connectivity index (χ4n) is 1.22. The lowest BCUT2D eigenvalue weighted by atomic mass is 10.3. The third-order valence-corrected chi connectivity index (χ3v) is 2.14. The van der Waals surface area contributed by atoms with Gasteiger partial charge < -0.3 is 4.74 Å². The number of amides is 2. The number of nitrogens with zero attached hydrogens (tertiary/aromatic N) is 3. The van der Waals surface area contributed by atoms with Crippen LogP contribution in [0.15, 0.2) is 12.4 Å². The molecule has 0 aliphatic rings. The molecule has 0 radical (unpaired) electrons. The molecule has 0 saturated heterocycles. The van der Waals surface area contributed by atoms with Gasteiger partial charge in [-0.15, -0.1) is 0 Å². The Bertz CT molecular complexity index is 420. The van der Waals surface area contributed by atoms with E-state index in [0.717, 1.165) is 0 Å². The Labute approximate surface area is 104 Å². The number of anilines is 1. The Hall–Kier alpha value is -2.06. The van der Waals surface area contributed by atoms with Gasteiger partial charge in [0, 0.05) is 26.4 Å². The van der Waals surface area contributed by atoms with Crippen molar-refractivity contribution in [1.29, 1.82) is 0 Å². The molecule has 8 nitrogen and oxygen atoms in total. The molecule has 0 atom stereocenters. The van der Waals surface area contributed by atoms with Gasteiger partial charge >= 0.3 is 0 Å². The zero-order chi connectivity index (χ0) is 13.5. The SMILES string of the molecule is COCCN(C(C)=O)c1ncc(C(=O)NO)cn1. The summed E-state index contributed by atoms with van der Waals surface area (Å²) in [6.45, 7) is 2.05. The molecule has 1 rings (SSSR count). The van der Waals surface area contributed by atoms with Gasteiger partial charge in [-0.25, -0.2) is 15.4 Å². The van der Waals surface area contributed by atoms with Crippen molar-refractivity contribution in [2.24, 2.45) is 0 Å². The minimum absolute atomic E-state index is 0.0940. The molecule has 0 saturated carbocycles. The molecule has 1 aromatic heterocycles. The van der Waals surface area contributed by atoms with Crippen LogP contribution in [0.1, 0.15) is 17.3 Å². The molecular formula is C10H14N4O4. The molecule has 0 unspecified atom stereocenters. The zero-order valence-electron chi connectivity index (χ0n) is 10.1. The number of ether oxygens (including phenoxy) is 1. The Balaban J connectivity index is 2.86. The largest absolute Gasteiger partial charge is 0.383 e. The number of carbonyl (C=O) groups excluding carboxylic acids is 2. The van der Waals surface area contributed by atoms with Crippen LogP contribution in [0, 0.1) is 0 Å². The van der Waals surface area contributed by atoms with E-state index in [1.54, 1.807) is 0 Å². The normalized spacial score (nSPS) is 9.94. The van der Waals surface area contributed by atoms with E-state index in [1.165, 1.54) is 36.8 Å². The van der Waals surface area contributed by atoms with E-state index in [9.17, 15) is 9.59 Å². The molecule has 0 aromatic carbocycles. The van der Waals surface area contributed by atoms with Crippen molar-refractivity contribution in [2.75, 3.05) is 25.2 Å². The van der Waals surface area contributed by atoms with E-state index in [1.807, 2.05) is 0 Å². The number of nitrogens with one attached hydrogen (secondary N) is 1. The minimum atomic E-state index is -0.715. The van der Waals surface area contributed by atoms with Gasteiger partial charge in [0.25, 0.3) is 5.91 Å². The van der Waals surface area contributed by atoms with Crippen molar-refractivity contribution in [3.05, 3.63) is 18.0 Å². The van der Waals surface area contributed by atoms with Crippen molar-refractivity contribution in [2.45, 2.75) is 6.92 Å². The molecule has 0 aliphatic heterocycles. The molecule has 8 heteroatoms. The van der Waals surface area contributed by atoms with E-state index < -0.39 is 5.91 Å². The van der Waals surface area contributed by atoms with Gasteiger partial charge in [-0.05, 0) is 0 Å². The van der Waals surface area contributed by atoms with Gasteiger partial charge in [-0.1, -0.05) is 0 Å². The Morgan fingerprint density at radius 3 is 2.50 bits per heavy atom. The molecule has 18 heavy (non-hydrogen) atoms. The number of hydrogen-bond donors (Lipinski definition) is 2. The van der Waals surface area contributed by atoms with Gasteiger partial charge in [0.05, 0.1) is 18.7 Å². The molecular weight excluding hydrogens is 240 g/mol.